The summed E-state index contributed by atoms with van der Waals surface area (Å²) in [6.45, 7) is 1.01. The Bertz CT molecular complexity index is 843. The molecule has 0 radical (unpaired) electrons. The molecule has 10 heteroatoms. The van der Waals surface area contributed by atoms with E-state index in [0.717, 1.165) is 0 Å². The van der Waals surface area contributed by atoms with Gasteiger partial charge in [0.2, 0.25) is 0 Å². The van der Waals surface area contributed by atoms with Crippen LogP contribution in [0.5, 0.6) is 5.75 Å². The van der Waals surface area contributed by atoms with Gasteiger partial charge < -0.3 is 24.2 Å². The number of esters is 1. The van der Waals surface area contributed by atoms with E-state index in [-0.39, 0.29) is 13.2 Å². The molecule has 0 saturated carbocycles. The lowest BCUT2D eigenvalue weighted by Gasteiger charge is -2.30. The van der Waals surface area contributed by atoms with E-state index in [4.69, 9.17) is 30.9 Å². The molecule has 1 aromatic heterocycles. The maximum Gasteiger partial charge on any atom is 0.407 e. The average molecular weight is 413 g/mol. The van der Waals surface area contributed by atoms with E-state index in [1.54, 1.807) is 18.2 Å². The lowest BCUT2D eigenvalue weighted by Crippen LogP contribution is -2.47. The van der Waals surface area contributed by atoms with E-state index in [1.807, 2.05) is 0 Å². The van der Waals surface area contributed by atoms with Gasteiger partial charge in [0, 0.05) is 12.1 Å². The van der Waals surface area contributed by atoms with E-state index < -0.39 is 18.2 Å². The van der Waals surface area contributed by atoms with E-state index in [9.17, 15) is 9.59 Å². The summed E-state index contributed by atoms with van der Waals surface area (Å²) in [5.41, 5.74) is 0.981. The number of morpholine rings is 1. The first-order chi connectivity index (χ1) is 13.0. The zero-order valence-electron chi connectivity index (χ0n) is 14.4. The lowest BCUT2D eigenvalue weighted by molar-refractivity contribution is -0.0412. The van der Waals surface area contributed by atoms with Crippen LogP contribution in [0.2, 0.25) is 4.34 Å². The number of thiazole rings is 1. The highest BCUT2D eigenvalue weighted by Gasteiger charge is 2.24. The average Bonchev–Trinajstić information content (AvgIpc) is 3.12. The molecule has 1 unspecified atom stereocenters. The first-order valence-electron chi connectivity index (χ1n) is 8.03. The highest BCUT2D eigenvalue weighted by Crippen LogP contribution is 2.31. The number of hydrogen-bond donors (Lipinski definition) is 1. The molecule has 0 bridgehead atoms. The molecular weight excluding hydrogens is 396 g/mol. The van der Waals surface area contributed by atoms with Crippen molar-refractivity contribution in [1.29, 1.82) is 0 Å². The van der Waals surface area contributed by atoms with Gasteiger partial charge in [0.25, 0.3) is 0 Å². The number of amides is 1. The third-order valence-electron chi connectivity index (χ3n) is 3.90. The fourth-order valence-electron chi connectivity index (χ4n) is 2.61. The predicted octanol–water partition coefficient (Wildman–Crippen LogP) is 3.01. The van der Waals surface area contributed by atoms with Gasteiger partial charge in [0.15, 0.2) is 0 Å². The molecule has 1 aliphatic heterocycles. The summed E-state index contributed by atoms with van der Waals surface area (Å²) in [5, 5.41) is 9.73. The largest absolute Gasteiger partial charge is 0.491 e. The van der Waals surface area contributed by atoms with Crippen LogP contribution in [0.15, 0.2) is 24.4 Å². The molecule has 1 aromatic carbocycles. The van der Waals surface area contributed by atoms with Gasteiger partial charge in [0.05, 0.1) is 32.0 Å². The number of nitrogens with zero attached hydrogens (tertiary/aromatic N) is 2. The Balaban J connectivity index is 1.77. The van der Waals surface area contributed by atoms with Crippen LogP contribution in [0.3, 0.4) is 0 Å². The molecule has 1 saturated heterocycles. The van der Waals surface area contributed by atoms with Crippen LogP contribution in [0.4, 0.5) is 4.79 Å². The SMILES string of the molecule is COC(=O)c1cc(OCC2CN(C(=O)O)CCO2)cc(-c2ncc(Cl)s2)c1. The van der Waals surface area contributed by atoms with Crippen molar-refractivity contribution in [3.8, 4) is 16.3 Å². The Morgan fingerprint density at radius 3 is 2.93 bits per heavy atom. The van der Waals surface area contributed by atoms with Crippen LogP contribution in [0.25, 0.3) is 10.6 Å². The van der Waals surface area contributed by atoms with Gasteiger partial charge in [-0.2, -0.15) is 0 Å². The Morgan fingerprint density at radius 2 is 2.26 bits per heavy atom. The van der Waals surface area contributed by atoms with Gasteiger partial charge in [-0.05, 0) is 18.2 Å². The Labute approximate surface area is 164 Å². The van der Waals surface area contributed by atoms with E-state index in [1.165, 1.54) is 29.5 Å². The van der Waals surface area contributed by atoms with Gasteiger partial charge in [0.1, 0.15) is 27.8 Å². The summed E-state index contributed by atoms with van der Waals surface area (Å²) < 4.78 is 16.6. The van der Waals surface area contributed by atoms with Crippen molar-refractivity contribution in [2.45, 2.75) is 6.10 Å². The third-order valence-corrected chi connectivity index (χ3v) is 5.06. The molecule has 0 aliphatic carbocycles. The van der Waals surface area contributed by atoms with Crippen LogP contribution in [0, 0.1) is 0 Å². The molecule has 1 aliphatic rings. The molecule has 3 rings (SSSR count). The Kier molecular flexibility index (Phi) is 6.15. The molecule has 1 N–H and O–H groups in total. The maximum absolute atomic E-state index is 12.0. The normalized spacial score (nSPS) is 16.8. The fraction of sp³-hybridized carbons (Fsp3) is 0.353. The second-order valence-corrected chi connectivity index (χ2v) is 7.40. The molecule has 27 heavy (non-hydrogen) atoms. The number of aromatic nitrogens is 1. The topological polar surface area (TPSA) is 98.2 Å². The molecule has 1 fully saturated rings. The molecule has 2 aromatic rings. The number of carbonyl (C=O) groups is 2. The molecule has 1 atom stereocenters. The summed E-state index contributed by atoms with van der Waals surface area (Å²) in [6, 6.07) is 4.94. The van der Waals surface area contributed by atoms with Crippen LogP contribution < -0.4 is 4.74 Å². The number of benzene rings is 1. The summed E-state index contributed by atoms with van der Waals surface area (Å²) in [7, 11) is 1.30. The lowest BCUT2D eigenvalue weighted by atomic mass is 10.1. The fourth-order valence-corrected chi connectivity index (χ4v) is 3.51. The van der Waals surface area contributed by atoms with Gasteiger partial charge in [-0.3, -0.25) is 0 Å². The smallest absolute Gasteiger partial charge is 0.407 e. The minimum Gasteiger partial charge on any atom is -0.491 e. The Hall–Kier alpha value is -2.36. The predicted molar refractivity (Wildman–Crippen MR) is 98.7 cm³/mol. The van der Waals surface area contributed by atoms with Crippen molar-refractivity contribution in [1.82, 2.24) is 9.88 Å². The summed E-state index contributed by atoms with van der Waals surface area (Å²) >= 11 is 7.22. The van der Waals surface area contributed by atoms with E-state index in [2.05, 4.69) is 4.98 Å². The molecule has 1 amide bonds. The van der Waals surface area contributed by atoms with Crippen molar-refractivity contribution in [3.05, 3.63) is 34.3 Å². The number of carbonyl (C=O) groups excluding carboxylic acids is 1. The van der Waals surface area contributed by atoms with Crippen molar-refractivity contribution in [3.63, 3.8) is 0 Å². The zero-order chi connectivity index (χ0) is 19.4. The van der Waals surface area contributed by atoms with Crippen LogP contribution in [-0.4, -0.2) is 66.6 Å². The van der Waals surface area contributed by atoms with Gasteiger partial charge >= 0.3 is 12.1 Å². The minimum absolute atomic E-state index is 0.145. The highest BCUT2D eigenvalue weighted by molar-refractivity contribution is 7.18. The second kappa shape index (κ2) is 8.55. The van der Waals surface area contributed by atoms with Crippen molar-refractivity contribution < 1.29 is 28.9 Å². The first-order valence-corrected chi connectivity index (χ1v) is 9.23. The number of rotatable bonds is 5. The number of ether oxygens (including phenoxy) is 3. The van der Waals surface area contributed by atoms with Crippen LogP contribution >= 0.6 is 22.9 Å². The van der Waals surface area contributed by atoms with E-state index >= 15 is 0 Å². The summed E-state index contributed by atoms with van der Waals surface area (Å²) in [5.74, 6) is -0.0782. The summed E-state index contributed by atoms with van der Waals surface area (Å²) in [4.78, 5) is 28.6. The minimum atomic E-state index is -0.987. The first kappa shape index (κ1) is 19.4. The standard InChI is InChI=1S/C17H17ClN2O6S/c1-24-16(21)11-4-10(15-19-7-14(18)27-15)5-12(6-11)26-9-13-8-20(17(22)23)2-3-25-13/h4-7,13H,2-3,8-9H2,1H3,(H,22,23). The van der Waals surface area contributed by atoms with Gasteiger partial charge in [-0.1, -0.05) is 11.6 Å². The third kappa shape index (κ3) is 4.88. The highest BCUT2D eigenvalue weighted by atomic mass is 35.5. The molecule has 8 nitrogen and oxygen atoms in total. The zero-order valence-corrected chi connectivity index (χ0v) is 16.0. The maximum atomic E-state index is 12.0. The van der Waals surface area contributed by atoms with E-state index in [0.29, 0.717) is 39.4 Å². The van der Waals surface area contributed by atoms with Crippen molar-refractivity contribution in [2.24, 2.45) is 0 Å². The number of carboxylic acid groups (broad SMARTS) is 1. The molecular formula is C17H17ClN2O6S. The number of hydrogen-bond acceptors (Lipinski definition) is 7. The van der Waals surface area contributed by atoms with Crippen molar-refractivity contribution >= 4 is 35.0 Å². The molecule has 144 valence electrons. The monoisotopic (exact) mass is 412 g/mol. The second-order valence-electron chi connectivity index (χ2n) is 5.74. The summed E-state index contributed by atoms with van der Waals surface area (Å²) in [6.07, 6.45) is 0.150. The van der Waals surface area contributed by atoms with Crippen LogP contribution in [-0.2, 0) is 9.47 Å². The van der Waals surface area contributed by atoms with Gasteiger partial charge in [-0.15, -0.1) is 11.3 Å². The molecule has 0 spiro atoms. The van der Waals surface area contributed by atoms with Gasteiger partial charge in [-0.25, -0.2) is 14.6 Å². The number of halogens is 1. The Morgan fingerprint density at radius 1 is 1.44 bits per heavy atom. The van der Waals surface area contributed by atoms with Crippen LogP contribution in [0.1, 0.15) is 10.4 Å². The quantitative estimate of drug-likeness (QED) is 0.753. The van der Waals surface area contributed by atoms with Crippen molar-refractivity contribution in [2.75, 3.05) is 33.4 Å². The molecule has 2 heterocycles. The number of methoxy groups -OCH3 is 1.